The van der Waals surface area contributed by atoms with Gasteiger partial charge in [0.05, 0.1) is 21.7 Å². The Hall–Kier alpha value is -1.58. The molecule has 4 fully saturated rings. The van der Waals surface area contributed by atoms with Crippen LogP contribution < -0.4 is 10.5 Å². The van der Waals surface area contributed by atoms with Gasteiger partial charge in [0.25, 0.3) is 0 Å². The molecule has 6 rings (SSSR count). The van der Waals surface area contributed by atoms with E-state index >= 15 is 0 Å². The van der Waals surface area contributed by atoms with Crippen molar-refractivity contribution in [3.8, 4) is 0 Å². The number of amides is 1. The zero-order valence-electron chi connectivity index (χ0n) is 16.4. The highest BCUT2D eigenvalue weighted by Crippen LogP contribution is 2.55. The van der Waals surface area contributed by atoms with Gasteiger partial charge >= 0.3 is 0 Å². The van der Waals surface area contributed by atoms with Crippen LogP contribution in [0.25, 0.3) is 11.0 Å². The van der Waals surface area contributed by atoms with Crippen LogP contribution in [0.15, 0.2) is 28.3 Å². The number of hydrogen-bond acceptors (Lipinski definition) is 5. The van der Waals surface area contributed by atoms with E-state index in [0.717, 1.165) is 42.5 Å². The fourth-order valence-corrected chi connectivity index (χ4v) is 7.51. The van der Waals surface area contributed by atoms with Crippen molar-refractivity contribution in [2.24, 2.45) is 29.9 Å². The first kappa shape index (κ1) is 19.4. The number of aromatic nitrogens is 2. The van der Waals surface area contributed by atoms with Gasteiger partial charge in [-0.2, -0.15) is 0 Å². The molecule has 4 aliphatic rings. The number of thioether (sulfide) groups is 1. The van der Waals surface area contributed by atoms with Gasteiger partial charge in [0, 0.05) is 12.6 Å². The summed E-state index contributed by atoms with van der Waals surface area (Å²) in [4.78, 5) is 17.3. The van der Waals surface area contributed by atoms with E-state index in [0.29, 0.717) is 16.4 Å². The van der Waals surface area contributed by atoms with Crippen molar-refractivity contribution < 1.29 is 13.2 Å². The first-order chi connectivity index (χ1) is 13.7. The van der Waals surface area contributed by atoms with Gasteiger partial charge in [-0.1, -0.05) is 11.8 Å². The van der Waals surface area contributed by atoms with Gasteiger partial charge in [0.2, 0.25) is 15.9 Å². The van der Waals surface area contributed by atoms with Crippen molar-refractivity contribution in [3.63, 3.8) is 0 Å². The predicted octanol–water partition coefficient (Wildman–Crippen LogP) is 2.40. The smallest absolute Gasteiger partial charge is 0.238 e. The third-order valence-electron chi connectivity index (χ3n) is 6.91. The molecule has 1 aromatic carbocycles. The molecule has 0 unspecified atom stereocenters. The molecule has 7 nitrogen and oxygen atoms in total. The largest absolute Gasteiger partial charge is 0.350 e. The number of nitrogens with two attached hydrogens (primary N) is 1. The molecule has 0 saturated heterocycles. The van der Waals surface area contributed by atoms with Crippen molar-refractivity contribution in [2.75, 3.05) is 5.75 Å². The van der Waals surface area contributed by atoms with Gasteiger partial charge in [0.1, 0.15) is 0 Å². The standard InChI is InChI=1S/C20H26N4O3S2/c1-24-17-3-2-15(29(21,26)27)7-16(17)22-19(24)28-11-18(25)23-20-8-12-4-13(9-20)6-14(5-12)10-20/h2-3,7,12-14H,4-6,8-11H2,1H3,(H,23,25)(H2,21,26,27). The Morgan fingerprint density at radius 2 is 1.86 bits per heavy atom. The molecule has 4 saturated carbocycles. The Morgan fingerprint density at radius 1 is 1.24 bits per heavy atom. The first-order valence-corrected chi connectivity index (χ1v) is 12.7. The first-order valence-electron chi connectivity index (χ1n) is 10.1. The van der Waals surface area contributed by atoms with E-state index in [2.05, 4.69) is 10.3 Å². The van der Waals surface area contributed by atoms with Crippen LogP contribution in [-0.2, 0) is 21.9 Å². The molecule has 0 aliphatic heterocycles. The summed E-state index contributed by atoms with van der Waals surface area (Å²) in [7, 11) is -1.90. The lowest BCUT2D eigenvalue weighted by Gasteiger charge is -2.56. The average Bonchev–Trinajstić information content (AvgIpc) is 2.93. The number of rotatable bonds is 5. The third kappa shape index (κ3) is 3.57. The maximum absolute atomic E-state index is 12.7. The molecule has 156 valence electrons. The van der Waals surface area contributed by atoms with E-state index < -0.39 is 10.0 Å². The van der Waals surface area contributed by atoms with E-state index in [1.165, 1.54) is 43.2 Å². The summed E-state index contributed by atoms with van der Waals surface area (Å²) in [6, 6.07) is 4.65. The number of fused-ring (bicyclic) bond motifs is 1. The van der Waals surface area contributed by atoms with E-state index in [4.69, 9.17) is 5.14 Å². The van der Waals surface area contributed by atoms with E-state index in [1.807, 2.05) is 11.6 Å². The lowest BCUT2D eigenvalue weighted by atomic mass is 9.53. The van der Waals surface area contributed by atoms with Crippen LogP contribution in [0.1, 0.15) is 38.5 Å². The fraction of sp³-hybridized carbons (Fsp3) is 0.600. The minimum Gasteiger partial charge on any atom is -0.350 e. The molecule has 3 N–H and O–H groups in total. The topological polar surface area (TPSA) is 107 Å². The summed E-state index contributed by atoms with van der Waals surface area (Å²) >= 11 is 1.38. The highest BCUT2D eigenvalue weighted by Gasteiger charge is 2.51. The van der Waals surface area contributed by atoms with Gasteiger partial charge in [-0.25, -0.2) is 18.5 Å². The average molecular weight is 435 g/mol. The van der Waals surface area contributed by atoms with E-state index in [1.54, 1.807) is 6.07 Å². The summed E-state index contributed by atoms with van der Waals surface area (Å²) in [5, 5.41) is 9.28. The maximum atomic E-state index is 12.7. The maximum Gasteiger partial charge on any atom is 0.238 e. The Kier molecular flexibility index (Phi) is 4.49. The fourth-order valence-electron chi connectivity index (χ4n) is 6.19. The summed E-state index contributed by atoms with van der Waals surface area (Å²) < 4.78 is 25.0. The molecule has 9 heteroatoms. The predicted molar refractivity (Wildman–Crippen MR) is 112 cm³/mol. The molecular weight excluding hydrogens is 408 g/mol. The zero-order valence-corrected chi connectivity index (χ0v) is 18.1. The van der Waals surface area contributed by atoms with Crippen LogP contribution in [0.3, 0.4) is 0 Å². The molecular formula is C20H26N4O3S2. The molecule has 4 bridgehead atoms. The zero-order chi connectivity index (χ0) is 20.4. The molecule has 29 heavy (non-hydrogen) atoms. The molecule has 0 radical (unpaired) electrons. The molecule has 1 heterocycles. The molecule has 1 amide bonds. The van der Waals surface area contributed by atoms with Crippen molar-refractivity contribution in [1.82, 2.24) is 14.9 Å². The van der Waals surface area contributed by atoms with Crippen LogP contribution in [0.5, 0.6) is 0 Å². The number of carbonyl (C=O) groups excluding carboxylic acids is 1. The number of benzene rings is 1. The second kappa shape index (κ2) is 6.72. The van der Waals surface area contributed by atoms with Gasteiger partial charge in [-0.15, -0.1) is 0 Å². The third-order valence-corrected chi connectivity index (χ3v) is 8.86. The lowest BCUT2D eigenvalue weighted by Crippen LogP contribution is -2.60. The summed E-state index contributed by atoms with van der Waals surface area (Å²) in [6.45, 7) is 0. The van der Waals surface area contributed by atoms with Crippen molar-refractivity contribution in [2.45, 2.75) is 54.1 Å². The van der Waals surface area contributed by atoms with Gasteiger partial charge in [-0.05, 0) is 74.5 Å². The highest BCUT2D eigenvalue weighted by molar-refractivity contribution is 7.99. The Morgan fingerprint density at radius 3 is 2.45 bits per heavy atom. The number of carbonyl (C=O) groups is 1. The Labute approximate surface area is 174 Å². The van der Waals surface area contributed by atoms with E-state index in [9.17, 15) is 13.2 Å². The van der Waals surface area contributed by atoms with Crippen LogP contribution in [-0.4, -0.2) is 35.2 Å². The van der Waals surface area contributed by atoms with Gasteiger partial charge in [0.15, 0.2) is 5.16 Å². The van der Waals surface area contributed by atoms with Gasteiger partial charge in [-0.3, -0.25) is 4.79 Å². The number of aryl methyl sites for hydroxylation is 1. The van der Waals surface area contributed by atoms with E-state index in [-0.39, 0.29) is 16.3 Å². The van der Waals surface area contributed by atoms with Crippen LogP contribution in [0, 0.1) is 17.8 Å². The minimum absolute atomic E-state index is 0.0170. The second-order valence-corrected chi connectivity index (χ2v) is 11.7. The molecule has 1 aromatic heterocycles. The lowest BCUT2D eigenvalue weighted by molar-refractivity contribution is -0.124. The Balaban J connectivity index is 1.28. The van der Waals surface area contributed by atoms with Crippen molar-refractivity contribution >= 4 is 38.7 Å². The van der Waals surface area contributed by atoms with Crippen molar-refractivity contribution in [1.29, 1.82) is 0 Å². The number of nitrogens with zero attached hydrogens (tertiary/aromatic N) is 2. The van der Waals surface area contributed by atoms with Crippen LogP contribution in [0.4, 0.5) is 0 Å². The molecule has 0 atom stereocenters. The van der Waals surface area contributed by atoms with Crippen molar-refractivity contribution in [3.05, 3.63) is 18.2 Å². The number of sulfonamides is 1. The summed E-state index contributed by atoms with van der Waals surface area (Å²) in [6.07, 6.45) is 7.47. The number of primary sulfonamides is 1. The quantitative estimate of drug-likeness (QED) is 0.703. The minimum atomic E-state index is -3.77. The highest BCUT2D eigenvalue weighted by atomic mass is 32.2. The Bertz CT molecular complexity index is 1060. The molecule has 4 aliphatic carbocycles. The molecule has 2 aromatic rings. The summed E-state index contributed by atoms with van der Waals surface area (Å²) in [5.41, 5.74) is 1.38. The van der Waals surface area contributed by atoms with Gasteiger partial charge < -0.3 is 9.88 Å². The monoisotopic (exact) mass is 434 g/mol. The molecule has 0 spiro atoms. The van der Waals surface area contributed by atoms with Crippen LogP contribution in [0.2, 0.25) is 0 Å². The SMILES string of the molecule is Cn1c(SCC(=O)NC23CC4CC(CC(C4)C2)C3)nc2cc(S(N)(=O)=O)ccc21. The number of imidazole rings is 1. The van der Waals surface area contributed by atoms with Crippen LogP contribution >= 0.6 is 11.8 Å². The second-order valence-electron chi connectivity index (χ2n) is 9.18. The normalized spacial score (nSPS) is 30.8. The summed E-state index contributed by atoms with van der Waals surface area (Å²) in [5.74, 6) is 2.75. The number of hydrogen-bond donors (Lipinski definition) is 2. The number of nitrogens with one attached hydrogen (secondary N) is 1.